The predicted octanol–water partition coefficient (Wildman–Crippen LogP) is 2.31. The molecule has 0 fully saturated rings. The molecule has 0 bridgehead atoms. The Bertz CT molecular complexity index is 576. The number of halogens is 1. The van der Waals surface area contributed by atoms with Crippen LogP contribution in [0.4, 0.5) is 11.4 Å². The molecular weight excluding hydrogens is 270 g/mol. The van der Waals surface area contributed by atoms with Crippen molar-refractivity contribution in [1.29, 1.82) is 0 Å². The Labute approximate surface area is 114 Å². The fraction of sp³-hybridized carbons (Fsp3) is 0.273. The van der Waals surface area contributed by atoms with E-state index in [1.807, 2.05) is 11.9 Å². The lowest BCUT2D eigenvalue weighted by Gasteiger charge is -2.21. The molecular formula is C11H12ClN5O2. The number of hydrogen-bond donors (Lipinski definition) is 1. The predicted molar refractivity (Wildman–Crippen MR) is 71.3 cm³/mol. The van der Waals surface area contributed by atoms with E-state index in [2.05, 4.69) is 15.2 Å². The van der Waals surface area contributed by atoms with Crippen LogP contribution in [0.2, 0.25) is 5.02 Å². The van der Waals surface area contributed by atoms with Crippen LogP contribution in [0.1, 0.15) is 11.4 Å². The van der Waals surface area contributed by atoms with Gasteiger partial charge in [-0.1, -0.05) is 11.6 Å². The first-order chi connectivity index (χ1) is 8.99. The molecule has 1 aromatic heterocycles. The molecule has 19 heavy (non-hydrogen) atoms. The van der Waals surface area contributed by atoms with Crippen molar-refractivity contribution in [3.8, 4) is 0 Å². The van der Waals surface area contributed by atoms with E-state index in [4.69, 9.17) is 11.6 Å². The average Bonchev–Trinajstić information content (AvgIpc) is 2.80. The lowest BCUT2D eigenvalue weighted by Crippen LogP contribution is -2.19. The summed E-state index contributed by atoms with van der Waals surface area (Å²) in [5, 5.41) is 17.6. The summed E-state index contributed by atoms with van der Waals surface area (Å²) in [6.07, 6.45) is 1.42. The van der Waals surface area contributed by atoms with Gasteiger partial charge >= 0.3 is 0 Å². The van der Waals surface area contributed by atoms with Crippen LogP contribution >= 0.6 is 11.6 Å². The zero-order valence-electron chi connectivity index (χ0n) is 10.4. The number of aryl methyl sites for hydroxylation is 1. The van der Waals surface area contributed by atoms with E-state index < -0.39 is 4.92 Å². The smallest absolute Gasteiger partial charge is 0.271 e. The average molecular weight is 282 g/mol. The first-order valence-electron chi connectivity index (χ1n) is 5.49. The van der Waals surface area contributed by atoms with E-state index in [0.717, 1.165) is 11.3 Å². The fourth-order valence-electron chi connectivity index (χ4n) is 1.92. The van der Waals surface area contributed by atoms with Crippen molar-refractivity contribution < 1.29 is 4.92 Å². The highest BCUT2D eigenvalue weighted by molar-refractivity contribution is 6.33. The number of H-pyrrole nitrogens is 1. The Morgan fingerprint density at radius 2 is 2.26 bits per heavy atom. The molecule has 0 saturated carbocycles. The van der Waals surface area contributed by atoms with Crippen LogP contribution in [0, 0.1) is 17.0 Å². The van der Waals surface area contributed by atoms with Gasteiger partial charge in [0, 0.05) is 19.2 Å². The maximum absolute atomic E-state index is 10.8. The molecule has 0 radical (unpaired) electrons. The number of aromatic nitrogens is 3. The molecule has 0 aliphatic heterocycles. The Hall–Kier alpha value is -2.15. The number of nitro groups is 1. The molecule has 0 atom stereocenters. The van der Waals surface area contributed by atoms with E-state index in [1.54, 1.807) is 6.92 Å². The van der Waals surface area contributed by atoms with Gasteiger partial charge in [0.15, 0.2) is 0 Å². The van der Waals surface area contributed by atoms with Crippen LogP contribution in [0.15, 0.2) is 18.5 Å². The fourth-order valence-corrected chi connectivity index (χ4v) is 2.32. The monoisotopic (exact) mass is 281 g/mol. The molecule has 100 valence electrons. The van der Waals surface area contributed by atoms with Crippen LogP contribution in [0.5, 0.6) is 0 Å². The molecule has 2 aromatic rings. The summed E-state index contributed by atoms with van der Waals surface area (Å²) < 4.78 is 0. The van der Waals surface area contributed by atoms with Crippen molar-refractivity contribution in [3.63, 3.8) is 0 Å². The molecule has 0 aliphatic carbocycles. The Kier molecular flexibility index (Phi) is 3.66. The second-order valence-corrected chi connectivity index (χ2v) is 4.55. The normalized spacial score (nSPS) is 10.5. The van der Waals surface area contributed by atoms with E-state index in [9.17, 15) is 10.1 Å². The topological polar surface area (TPSA) is 87.9 Å². The summed E-state index contributed by atoms with van der Waals surface area (Å²) in [6.45, 7) is 2.27. The molecule has 1 N–H and O–H groups in total. The van der Waals surface area contributed by atoms with Gasteiger partial charge in [0.1, 0.15) is 12.2 Å². The lowest BCUT2D eigenvalue weighted by molar-refractivity contribution is -0.384. The van der Waals surface area contributed by atoms with Gasteiger partial charge in [0.05, 0.1) is 22.2 Å². The number of rotatable bonds is 4. The van der Waals surface area contributed by atoms with E-state index >= 15 is 0 Å². The van der Waals surface area contributed by atoms with E-state index in [1.165, 1.54) is 18.5 Å². The van der Waals surface area contributed by atoms with Gasteiger partial charge in [-0.15, -0.1) is 0 Å². The molecule has 0 amide bonds. The number of nitrogens with zero attached hydrogens (tertiary/aromatic N) is 4. The lowest BCUT2D eigenvalue weighted by atomic mass is 10.1. The summed E-state index contributed by atoms with van der Waals surface area (Å²) in [7, 11) is 1.84. The van der Waals surface area contributed by atoms with Crippen LogP contribution in [0.3, 0.4) is 0 Å². The summed E-state index contributed by atoms with van der Waals surface area (Å²) in [5.74, 6) is 0.691. The van der Waals surface area contributed by atoms with Gasteiger partial charge < -0.3 is 4.90 Å². The van der Waals surface area contributed by atoms with E-state index in [0.29, 0.717) is 17.4 Å². The Morgan fingerprint density at radius 1 is 1.53 bits per heavy atom. The van der Waals surface area contributed by atoms with Crippen molar-refractivity contribution in [3.05, 3.63) is 45.0 Å². The van der Waals surface area contributed by atoms with Gasteiger partial charge in [-0.25, -0.2) is 4.98 Å². The maximum Gasteiger partial charge on any atom is 0.271 e. The van der Waals surface area contributed by atoms with Crippen LogP contribution < -0.4 is 4.90 Å². The molecule has 1 aromatic carbocycles. The number of benzene rings is 1. The minimum absolute atomic E-state index is 0.0145. The first-order valence-corrected chi connectivity index (χ1v) is 5.86. The Morgan fingerprint density at radius 3 is 2.79 bits per heavy atom. The van der Waals surface area contributed by atoms with Gasteiger partial charge in [-0.3, -0.25) is 15.2 Å². The molecule has 1 heterocycles. The number of nitrogens with one attached hydrogen (secondary N) is 1. The number of hydrogen-bond acceptors (Lipinski definition) is 5. The largest absolute Gasteiger partial charge is 0.366 e. The number of aromatic amines is 1. The molecule has 0 aliphatic rings. The van der Waals surface area contributed by atoms with E-state index in [-0.39, 0.29) is 5.69 Å². The van der Waals surface area contributed by atoms with Crippen molar-refractivity contribution in [2.75, 3.05) is 11.9 Å². The van der Waals surface area contributed by atoms with Gasteiger partial charge in [-0.2, -0.15) is 5.10 Å². The second kappa shape index (κ2) is 5.23. The minimum atomic E-state index is -0.459. The van der Waals surface area contributed by atoms with Gasteiger partial charge in [-0.05, 0) is 12.5 Å². The van der Waals surface area contributed by atoms with Crippen molar-refractivity contribution in [2.24, 2.45) is 0 Å². The highest BCUT2D eigenvalue weighted by atomic mass is 35.5. The maximum atomic E-state index is 10.8. The summed E-state index contributed by atoms with van der Waals surface area (Å²) in [5.41, 5.74) is 1.46. The highest BCUT2D eigenvalue weighted by Crippen LogP contribution is 2.33. The number of anilines is 1. The summed E-state index contributed by atoms with van der Waals surface area (Å²) in [4.78, 5) is 16.2. The van der Waals surface area contributed by atoms with Crippen LogP contribution in [-0.4, -0.2) is 27.2 Å². The van der Waals surface area contributed by atoms with Gasteiger partial charge in [0.25, 0.3) is 5.69 Å². The third kappa shape index (κ3) is 2.82. The molecule has 7 nitrogen and oxygen atoms in total. The van der Waals surface area contributed by atoms with Crippen molar-refractivity contribution >= 4 is 23.0 Å². The molecule has 0 spiro atoms. The molecule has 2 rings (SSSR count). The number of nitro benzene ring substituents is 1. The molecule has 0 unspecified atom stereocenters. The molecule has 8 heteroatoms. The van der Waals surface area contributed by atoms with Crippen LogP contribution in [0.25, 0.3) is 0 Å². The zero-order chi connectivity index (χ0) is 14.0. The minimum Gasteiger partial charge on any atom is -0.366 e. The summed E-state index contributed by atoms with van der Waals surface area (Å²) >= 11 is 6.12. The highest BCUT2D eigenvalue weighted by Gasteiger charge is 2.16. The quantitative estimate of drug-likeness (QED) is 0.686. The van der Waals surface area contributed by atoms with Crippen molar-refractivity contribution in [2.45, 2.75) is 13.5 Å². The Balaban J connectivity index is 2.31. The second-order valence-electron chi connectivity index (χ2n) is 4.14. The van der Waals surface area contributed by atoms with Gasteiger partial charge in [0.2, 0.25) is 0 Å². The standard InChI is InChI=1S/C11H12ClN5O2/c1-7-3-8(17(18)19)4-9(12)11(7)16(2)5-10-13-6-14-15-10/h3-4,6H,5H2,1-2H3,(H,13,14,15). The van der Waals surface area contributed by atoms with Crippen molar-refractivity contribution in [1.82, 2.24) is 15.2 Å². The zero-order valence-corrected chi connectivity index (χ0v) is 11.2. The number of non-ortho nitro benzene ring substituents is 1. The van der Waals surface area contributed by atoms with Crippen LogP contribution in [-0.2, 0) is 6.54 Å². The SMILES string of the molecule is Cc1cc([N+](=O)[O-])cc(Cl)c1N(C)Cc1ncn[nH]1. The summed E-state index contributed by atoms with van der Waals surface area (Å²) in [6, 6.07) is 2.85. The third-order valence-electron chi connectivity index (χ3n) is 2.68. The first kappa shape index (κ1) is 13.3. The molecule has 0 saturated heterocycles. The third-order valence-corrected chi connectivity index (χ3v) is 2.97.